The first-order valence-electron chi connectivity index (χ1n) is 29.2. The fourth-order valence-corrected chi connectivity index (χ4v) is 14.4. The maximum absolute atomic E-state index is 13.6. The third-order valence-electron chi connectivity index (χ3n) is 16.1. The van der Waals surface area contributed by atoms with Crippen LogP contribution in [-0.2, 0) is 47.7 Å². The van der Waals surface area contributed by atoms with Crippen LogP contribution in [0.5, 0.6) is 0 Å². The second kappa shape index (κ2) is 25.1. The Morgan fingerprint density at radius 3 is 0.857 bits per heavy atom. The van der Waals surface area contributed by atoms with Crippen LogP contribution in [0.15, 0.2) is 0 Å². The van der Waals surface area contributed by atoms with Crippen molar-refractivity contribution in [3.63, 3.8) is 0 Å². The molecule has 0 unspecified atom stereocenters. The number of nitrogens with zero attached hydrogens (tertiary/aromatic N) is 2. The molecule has 0 amide bonds. The second-order valence-electron chi connectivity index (χ2n) is 30.4. The van der Waals surface area contributed by atoms with Crippen LogP contribution in [0.3, 0.4) is 0 Å². The van der Waals surface area contributed by atoms with Gasteiger partial charge in [-0.25, -0.2) is 0 Å². The molecule has 0 atom stereocenters. The van der Waals surface area contributed by atoms with Crippen LogP contribution < -0.4 is 16.0 Å². The number of piperidine rings is 5. The SMILES string of the molecule is CC1(C)CC(OC(=O)CC(C(=O)OC2CC(C)(C)NC(C)(C)C2)C(=O)OC2CC(C)(C)NC(C)(C)C2)CC(C)(C)N1.CC1(C)CC(OC(=O)CCCCCCCCC(=O)OC2CC(C)(C)N(O)C(C)(C)C2)CC(C)(C)N1O. The van der Waals surface area contributed by atoms with Gasteiger partial charge in [0, 0.05) is 132 Å². The van der Waals surface area contributed by atoms with Crippen molar-refractivity contribution in [2.75, 3.05) is 0 Å². The van der Waals surface area contributed by atoms with Gasteiger partial charge in [0.2, 0.25) is 0 Å². The van der Waals surface area contributed by atoms with Gasteiger partial charge in [-0.1, -0.05) is 25.7 Å². The van der Waals surface area contributed by atoms with Gasteiger partial charge in [-0.05, 0) is 151 Å². The highest BCUT2D eigenvalue weighted by atomic mass is 16.6. The molecule has 0 spiro atoms. The lowest BCUT2D eigenvalue weighted by molar-refractivity contribution is -0.259. The van der Waals surface area contributed by atoms with E-state index in [1.54, 1.807) is 0 Å². The fourth-order valence-electron chi connectivity index (χ4n) is 14.4. The van der Waals surface area contributed by atoms with Gasteiger partial charge in [0.05, 0.1) is 6.42 Å². The minimum absolute atomic E-state index is 0.154. The molecule has 77 heavy (non-hydrogen) atoms. The number of hydrogen-bond donors (Lipinski definition) is 5. The third-order valence-corrected chi connectivity index (χ3v) is 16.1. The summed E-state index contributed by atoms with van der Waals surface area (Å²) >= 11 is 0. The van der Waals surface area contributed by atoms with Gasteiger partial charge in [0.1, 0.15) is 30.5 Å². The van der Waals surface area contributed by atoms with Crippen LogP contribution >= 0.6 is 0 Å². The molecular weight excluding hydrogens is 983 g/mol. The second-order valence-corrected chi connectivity index (χ2v) is 30.4. The number of carbonyl (C=O) groups excluding carboxylic acids is 5. The van der Waals surface area contributed by atoms with E-state index in [-0.39, 0.29) is 75.7 Å². The molecule has 0 bridgehead atoms. The smallest absolute Gasteiger partial charge is 0.321 e. The van der Waals surface area contributed by atoms with Crippen molar-refractivity contribution < 1.29 is 58.1 Å². The van der Waals surface area contributed by atoms with Crippen molar-refractivity contribution in [1.82, 2.24) is 26.1 Å². The van der Waals surface area contributed by atoms with E-state index in [9.17, 15) is 34.4 Å². The molecule has 0 aliphatic carbocycles. The minimum atomic E-state index is -1.38. The third kappa shape index (κ3) is 21.2. The Bertz CT molecular complexity index is 1830. The van der Waals surface area contributed by atoms with Crippen molar-refractivity contribution in [3.8, 4) is 0 Å². The maximum atomic E-state index is 13.6. The van der Waals surface area contributed by atoms with E-state index >= 15 is 0 Å². The highest BCUT2D eigenvalue weighted by molar-refractivity contribution is 5.98. The van der Waals surface area contributed by atoms with E-state index in [1.165, 1.54) is 10.1 Å². The van der Waals surface area contributed by atoms with Crippen LogP contribution in [0.25, 0.3) is 0 Å². The Balaban J connectivity index is 0.000000336. The summed E-state index contributed by atoms with van der Waals surface area (Å²) in [6.07, 6.45) is 10.8. The molecule has 5 rings (SSSR count). The number of nitrogens with one attached hydrogen (secondary N) is 3. The largest absolute Gasteiger partial charge is 0.462 e. The Hall–Kier alpha value is -2.93. The molecule has 5 aliphatic rings. The van der Waals surface area contributed by atoms with Gasteiger partial charge >= 0.3 is 29.8 Å². The lowest BCUT2D eigenvalue weighted by Gasteiger charge is -2.50. The number of carbonyl (C=O) groups is 5. The predicted octanol–water partition coefficient (Wildman–Crippen LogP) is 10.6. The van der Waals surface area contributed by atoms with Crippen LogP contribution in [0.1, 0.15) is 260 Å². The average Bonchev–Trinajstić information content (AvgIpc) is 3.18. The van der Waals surface area contributed by atoms with Crippen LogP contribution in [0.4, 0.5) is 0 Å². The van der Waals surface area contributed by atoms with Gasteiger partial charge in [-0.15, -0.1) is 0 Å². The molecule has 0 saturated carbocycles. The van der Waals surface area contributed by atoms with E-state index in [0.717, 1.165) is 38.5 Å². The standard InChI is InChI=1S/C32H57N3O6.C28H52N2O6/c1-27(2)14-20(15-28(3,4)33-27)39-24(36)13-23(25(37)40-21-16-29(5,6)34-30(7,8)17-21)26(38)41-22-18-31(9,10)35-32(11,12)19-22;1-25(2)17-21(18-26(3,4)29(25)33)35-23(31)15-13-11-9-10-12-14-16-24(32)36-22-19-27(5,6)30(34)28(7,8)20-22/h20-23,33-35H,13-19H2,1-12H3;21-22,33-34H,9-20H2,1-8H3. The summed E-state index contributed by atoms with van der Waals surface area (Å²) in [5.41, 5.74) is -3.13. The van der Waals surface area contributed by atoms with Gasteiger partial charge in [0.25, 0.3) is 0 Å². The number of rotatable bonds is 18. The first-order valence-corrected chi connectivity index (χ1v) is 29.2. The monoisotopic (exact) mass is 1090 g/mol. The summed E-state index contributed by atoms with van der Waals surface area (Å²) < 4.78 is 29.3. The fraction of sp³-hybridized carbons (Fsp3) is 0.917. The lowest BCUT2D eigenvalue weighted by atomic mass is 9.80. The highest BCUT2D eigenvalue weighted by Crippen LogP contribution is 2.40. The molecule has 17 heteroatoms. The lowest BCUT2D eigenvalue weighted by Crippen LogP contribution is -2.60. The van der Waals surface area contributed by atoms with Gasteiger partial charge in [0.15, 0.2) is 5.92 Å². The topological polar surface area (TPSA) is 215 Å². The molecule has 5 saturated heterocycles. The molecule has 0 radical (unpaired) electrons. The van der Waals surface area contributed by atoms with Crippen molar-refractivity contribution in [3.05, 3.63) is 0 Å². The van der Waals surface area contributed by atoms with Crippen LogP contribution in [-0.4, -0.2) is 136 Å². The van der Waals surface area contributed by atoms with Gasteiger partial charge in [-0.3, -0.25) is 24.0 Å². The van der Waals surface area contributed by atoms with Crippen LogP contribution in [0, 0.1) is 5.92 Å². The summed E-state index contributed by atoms with van der Waals surface area (Å²) in [7, 11) is 0. The van der Waals surface area contributed by atoms with Crippen molar-refractivity contribution in [2.45, 2.75) is 346 Å². The molecule has 5 N–H and O–H groups in total. The van der Waals surface area contributed by atoms with E-state index < -0.39 is 52.4 Å². The summed E-state index contributed by atoms with van der Waals surface area (Å²) in [4.78, 5) is 65.2. The van der Waals surface area contributed by atoms with Crippen molar-refractivity contribution >= 4 is 29.8 Å². The number of ether oxygens (including phenoxy) is 5. The van der Waals surface area contributed by atoms with Gasteiger partial charge in [-0.2, -0.15) is 10.1 Å². The maximum Gasteiger partial charge on any atom is 0.321 e. The first kappa shape index (κ1) is 66.6. The molecule has 0 aromatic heterocycles. The highest BCUT2D eigenvalue weighted by Gasteiger charge is 2.49. The molecule has 17 nitrogen and oxygen atoms in total. The summed E-state index contributed by atoms with van der Waals surface area (Å²) in [5.74, 6) is -3.71. The number of unbranched alkanes of at least 4 members (excludes halogenated alkanes) is 5. The molecule has 5 aliphatic heterocycles. The zero-order valence-electron chi connectivity index (χ0n) is 51.8. The Morgan fingerprint density at radius 1 is 0.364 bits per heavy atom. The average molecular weight is 1090 g/mol. The summed E-state index contributed by atoms with van der Waals surface area (Å²) in [6, 6.07) is 0. The van der Waals surface area contributed by atoms with E-state index in [1.807, 2.05) is 55.4 Å². The Morgan fingerprint density at radius 2 is 0.584 bits per heavy atom. The molecule has 0 aromatic rings. The Kier molecular flexibility index (Phi) is 21.7. The van der Waals surface area contributed by atoms with E-state index in [0.29, 0.717) is 77.0 Å². The quantitative estimate of drug-likeness (QED) is 0.0373. The molecule has 446 valence electrons. The van der Waals surface area contributed by atoms with Crippen molar-refractivity contribution in [1.29, 1.82) is 0 Å². The zero-order valence-corrected chi connectivity index (χ0v) is 51.8. The Labute approximate surface area is 464 Å². The summed E-state index contributed by atoms with van der Waals surface area (Å²) in [5, 5.41) is 34.3. The number of hydroxylamine groups is 4. The molecule has 5 heterocycles. The molecule has 5 fully saturated rings. The van der Waals surface area contributed by atoms with E-state index in [2.05, 4.69) is 99.0 Å². The predicted molar refractivity (Wildman–Crippen MR) is 298 cm³/mol. The van der Waals surface area contributed by atoms with Crippen molar-refractivity contribution in [2.24, 2.45) is 5.92 Å². The van der Waals surface area contributed by atoms with E-state index in [4.69, 9.17) is 23.7 Å². The van der Waals surface area contributed by atoms with Crippen LogP contribution in [0.2, 0.25) is 0 Å². The summed E-state index contributed by atoms with van der Waals surface area (Å²) in [6.45, 7) is 40.6. The molecule has 0 aromatic carbocycles. The number of esters is 5. The zero-order chi connectivity index (χ0) is 58.6. The first-order chi connectivity index (χ1) is 34.8. The number of hydrogen-bond acceptors (Lipinski definition) is 17. The van der Waals surface area contributed by atoms with Gasteiger partial charge < -0.3 is 50.0 Å². The molecular formula is C60H109N5O12. The minimum Gasteiger partial charge on any atom is -0.462 e. The normalized spacial score (nSPS) is 25.9.